The van der Waals surface area contributed by atoms with Gasteiger partial charge in [-0.2, -0.15) is 0 Å². The average Bonchev–Trinajstić information content (AvgIpc) is 3.00. The SMILES string of the molecule is Nc1c(Cl)cc(C(=O)NC2CCN3CCCC23)cc1Cl. The number of carbonyl (C=O) groups is 1. The van der Waals surface area contributed by atoms with E-state index >= 15 is 0 Å². The monoisotopic (exact) mass is 313 g/mol. The zero-order valence-corrected chi connectivity index (χ0v) is 12.5. The summed E-state index contributed by atoms with van der Waals surface area (Å²) in [7, 11) is 0. The summed E-state index contributed by atoms with van der Waals surface area (Å²) >= 11 is 11.9. The Morgan fingerprint density at radius 3 is 2.65 bits per heavy atom. The van der Waals surface area contributed by atoms with Crippen LogP contribution in [0.4, 0.5) is 5.69 Å². The van der Waals surface area contributed by atoms with Gasteiger partial charge in [0.1, 0.15) is 0 Å². The van der Waals surface area contributed by atoms with E-state index in [1.54, 1.807) is 12.1 Å². The highest BCUT2D eigenvalue weighted by atomic mass is 35.5. The van der Waals surface area contributed by atoms with E-state index in [4.69, 9.17) is 28.9 Å². The molecule has 1 amide bonds. The second-order valence-electron chi connectivity index (χ2n) is 5.47. The van der Waals surface area contributed by atoms with Crippen LogP contribution in [0.3, 0.4) is 0 Å². The van der Waals surface area contributed by atoms with Gasteiger partial charge in [-0.05, 0) is 37.9 Å². The van der Waals surface area contributed by atoms with E-state index in [0.29, 0.717) is 27.3 Å². The van der Waals surface area contributed by atoms with Gasteiger partial charge < -0.3 is 11.1 Å². The van der Waals surface area contributed by atoms with Crippen molar-refractivity contribution in [2.75, 3.05) is 18.8 Å². The second-order valence-corrected chi connectivity index (χ2v) is 6.28. The maximum Gasteiger partial charge on any atom is 0.251 e. The van der Waals surface area contributed by atoms with Gasteiger partial charge in [-0.15, -0.1) is 0 Å². The fourth-order valence-corrected chi connectivity index (χ4v) is 3.71. The number of carbonyl (C=O) groups excluding carboxylic acids is 1. The van der Waals surface area contributed by atoms with Crippen LogP contribution >= 0.6 is 23.2 Å². The molecule has 2 atom stereocenters. The number of hydrogen-bond acceptors (Lipinski definition) is 3. The zero-order valence-electron chi connectivity index (χ0n) is 11.0. The lowest BCUT2D eigenvalue weighted by Gasteiger charge is -2.21. The van der Waals surface area contributed by atoms with Gasteiger partial charge in [-0.1, -0.05) is 23.2 Å². The van der Waals surface area contributed by atoms with Gasteiger partial charge in [0.25, 0.3) is 5.91 Å². The third-order valence-corrected chi connectivity index (χ3v) is 4.89. The van der Waals surface area contributed by atoms with Gasteiger partial charge in [0.15, 0.2) is 0 Å². The number of fused-ring (bicyclic) bond motifs is 1. The first-order valence-corrected chi connectivity index (χ1v) is 7.61. The fraction of sp³-hybridized carbons (Fsp3) is 0.500. The Kier molecular flexibility index (Phi) is 3.80. The minimum Gasteiger partial charge on any atom is -0.396 e. The third-order valence-electron chi connectivity index (χ3n) is 4.26. The molecule has 6 heteroatoms. The number of amides is 1. The van der Waals surface area contributed by atoms with Crippen LogP contribution in [-0.2, 0) is 0 Å². The van der Waals surface area contributed by atoms with Gasteiger partial charge >= 0.3 is 0 Å². The first-order valence-electron chi connectivity index (χ1n) is 6.85. The molecule has 0 bridgehead atoms. The summed E-state index contributed by atoms with van der Waals surface area (Å²) in [5.74, 6) is -0.132. The van der Waals surface area contributed by atoms with Crippen molar-refractivity contribution in [2.45, 2.75) is 31.3 Å². The third kappa shape index (κ3) is 2.48. The van der Waals surface area contributed by atoms with Gasteiger partial charge in [0.2, 0.25) is 0 Å². The van der Waals surface area contributed by atoms with E-state index in [9.17, 15) is 4.79 Å². The van der Waals surface area contributed by atoms with Crippen LogP contribution in [0.1, 0.15) is 29.6 Å². The van der Waals surface area contributed by atoms with Crippen molar-refractivity contribution in [3.05, 3.63) is 27.7 Å². The molecule has 3 N–H and O–H groups in total. The highest BCUT2D eigenvalue weighted by molar-refractivity contribution is 6.39. The number of hydrogen-bond donors (Lipinski definition) is 2. The van der Waals surface area contributed by atoms with Gasteiger partial charge in [0.05, 0.1) is 15.7 Å². The average molecular weight is 314 g/mol. The van der Waals surface area contributed by atoms with Crippen LogP contribution < -0.4 is 11.1 Å². The molecule has 2 aliphatic heterocycles. The summed E-state index contributed by atoms with van der Waals surface area (Å²) in [6, 6.07) is 3.85. The first kappa shape index (κ1) is 14.0. The topological polar surface area (TPSA) is 58.4 Å². The Morgan fingerprint density at radius 2 is 1.95 bits per heavy atom. The molecule has 0 aliphatic carbocycles. The van der Waals surface area contributed by atoms with Crippen LogP contribution in [0.5, 0.6) is 0 Å². The van der Waals surface area contributed by atoms with E-state index in [2.05, 4.69) is 10.2 Å². The molecule has 2 aliphatic rings. The van der Waals surface area contributed by atoms with E-state index in [-0.39, 0.29) is 11.9 Å². The lowest BCUT2D eigenvalue weighted by molar-refractivity contribution is 0.0929. The van der Waals surface area contributed by atoms with Gasteiger partial charge in [-0.3, -0.25) is 9.69 Å². The first-order chi connectivity index (χ1) is 9.56. The van der Waals surface area contributed by atoms with Crippen molar-refractivity contribution in [3.8, 4) is 0 Å². The summed E-state index contributed by atoms with van der Waals surface area (Å²) in [6.07, 6.45) is 3.39. The molecular weight excluding hydrogens is 297 g/mol. The predicted molar refractivity (Wildman–Crippen MR) is 81.3 cm³/mol. The number of nitrogen functional groups attached to an aromatic ring is 1. The highest BCUT2D eigenvalue weighted by Gasteiger charge is 2.37. The maximum atomic E-state index is 12.3. The maximum absolute atomic E-state index is 12.3. The van der Waals surface area contributed by atoms with Gasteiger partial charge in [0, 0.05) is 24.2 Å². The van der Waals surface area contributed by atoms with Crippen LogP contribution in [-0.4, -0.2) is 36.0 Å². The number of nitrogens with one attached hydrogen (secondary N) is 1. The molecule has 3 rings (SSSR count). The van der Waals surface area contributed by atoms with E-state index in [1.807, 2.05) is 0 Å². The summed E-state index contributed by atoms with van der Waals surface area (Å²) < 4.78 is 0. The number of benzene rings is 1. The van der Waals surface area contributed by atoms with Crippen molar-refractivity contribution in [1.82, 2.24) is 10.2 Å². The number of nitrogens with two attached hydrogens (primary N) is 1. The fourth-order valence-electron chi connectivity index (χ4n) is 3.22. The molecule has 2 unspecified atom stereocenters. The molecule has 2 heterocycles. The summed E-state index contributed by atoms with van der Waals surface area (Å²) in [4.78, 5) is 14.8. The van der Waals surface area contributed by atoms with Gasteiger partial charge in [-0.25, -0.2) is 0 Å². The Hall–Kier alpha value is -0.970. The molecule has 108 valence electrons. The molecule has 1 aromatic carbocycles. The lowest BCUT2D eigenvalue weighted by atomic mass is 10.1. The van der Waals surface area contributed by atoms with Crippen molar-refractivity contribution in [1.29, 1.82) is 0 Å². The van der Waals surface area contributed by atoms with Crippen molar-refractivity contribution in [3.63, 3.8) is 0 Å². The lowest BCUT2D eigenvalue weighted by Crippen LogP contribution is -2.42. The molecule has 4 nitrogen and oxygen atoms in total. The molecule has 0 spiro atoms. The molecule has 20 heavy (non-hydrogen) atoms. The highest BCUT2D eigenvalue weighted by Crippen LogP contribution is 2.30. The minimum atomic E-state index is -0.132. The summed E-state index contributed by atoms with van der Waals surface area (Å²) in [5, 5.41) is 3.73. The molecular formula is C14H17Cl2N3O. The molecule has 0 aromatic heterocycles. The number of anilines is 1. The van der Waals surface area contributed by atoms with Crippen LogP contribution in [0, 0.1) is 0 Å². The van der Waals surface area contributed by atoms with E-state index in [1.165, 1.54) is 6.42 Å². The number of halogens is 2. The van der Waals surface area contributed by atoms with Crippen molar-refractivity contribution in [2.24, 2.45) is 0 Å². The largest absolute Gasteiger partial charge is 0.396 e. The minimum absolute atomic E-state index is 0.132. The van der Waals surface area contributed by atoms with Crippen LogP contribution in [0.25, 0.3) is 0 Å². The molecule has 0 saturated carbocycles. The normalized spacial score (nSPS) is 25.7. The number of nitrogens with zero attached hydrogens (tertiary/aromatic N) is 1. The molecule has 2 saturated heterocycles. The molecule has 1 aromatic rings. The zero-order chi connectivity index (χ0) is 14.3. The van der Waals surface area contributed by atoms with Crippen molar-refractivity contribution < 1.29 is 4.79 Å². The Bertz CT molecular complexity index is 526. The molecule has 2 fully saturated rings. The smallest absolute Gasteiger partial charge is 0.251 e. The van der Waals surface area contributed by atoms with Crippen molar-refractivity contribution >= 4 is 34.8 Å². The van der Waals surface area contributed by atoms with Crippen LogP contribution in [0.15, 0.2) is 12.1 Å². The Balaban J connectivity index is 1.73. The quantitative estimate of drug-likeness (QED) is 0.825. The predicted octanol–water partition coefficient (Wildman–Crippen LogP) is 2.54. The Morgan fingerprint density at radius 1 is 1.25 bits per heavy atom. The number of rotatable bonds is 2. The van der Waals surface area contributed by atoms with Crippen LogP contribution in [0.2, 0.25) is 10.0 Å². The second kappa shape index (κ2) is 5.43. The van der Waals surface area contributed by atoms with E-state index < -0.39 is 0 Å². The molecule has 0 radical (unpaired) electrons. The Labute approximate surface area is 128 Å². The summed E-state index contributed by atoms with van der Waals surface area (Å²) in [5.41, 5.74) is 6.46. The standard InChI is InChI=1S/C14H17Cl2N3O/c15-9-6-8(7-10(16)13(9)17)14(20)18-11-3-5-19-4-1-2-12(11)19/h6-7,11-12H,1-5,17H2,(H,18,20). The van der Waals surface area contributed by atoms with E-state index in [0.717, 1.165) is 25.9 Å². The summed E-state index contributed by atoms with van der Waals surface area (Å²) in [6.45, 7) is 2.22.